The van der Waals surface area contributed by atoms with Gasteiger partial charge in [0.15, 0.2) is 6.40 Å². The van der Waals surface area contributed by atoms with E-state index in [9.17, 15) is 4.79 Å². The van der Waals surface area contributed by atoms with Gasteiger partial charge in [-0.3, -0.25) is 4.99 Å². The predicted molar refractivity (Wildman–Crippen MR) is 134 cm³/mol. The van der Waals surface area contributed by atoms with Crippen molar-refractivity contribution in [2.75, 3.05) is 38.3 Å². The number of amides is 1. The zero-order chi connectivity index (χ0) is 24.8. The molecule has 1 aliphatic carbocycles. The number of carbonyl (C=O) groups excluding carboxylic acids is 1. The van der Waals surface area contributed by atoms with Crippen molar-refractivity contribution in [3.63, 3.8) is 0 Å². The largest absolute Gasteiger partial charge is 0.480 e. The fraction of sp³-hybridized carbons (Fsp3) is 0.600. The van der Waals surface area contributed by atoms with Gasteiger partial charge in [0, 0.05) is 30.9 Å². The Morgan fingerprint density at radius 1 is 1.17 bits per heavy atom. The van der Waals surface area contributed by atoms with Gasteiger partial charge in [-0.05, 0) is 52.5 Å². The van der Waals surface area contributed by atoms with Crippen LogP contribution < -0.4 is 19.7 Å². The fourth-order valence-corrected chi connectivity index (χ4v) is 4.38. The molecule has 0 atom stereocenters. The first kappa shape index (κ1) is 25.0. The molecule has 0 unspecified atom stereocenters. The summed E-state index contributed by atoms with van der Waals surface area (Å²) in [6, 6.07) is 4.24. The molecule has 190 valence electrons. The molecule has 2 heterocycles. The van der Waals surface area contributed by atoms with Crippen LogP contribution in [-0.4, -0.2) is 73.6 Å². The van der Waals surface area contributed by atoms with Crippen LogP contribution >= 0.6 is 0 Å². The number of anilines is 1. The van der Waals surface area contributed by atoms with Crippen molar-refractivity contribution in [2.24, 2.45) is 4.99 Å². The second-order valence-electron chi connectivity index (χ2n) is 9.84. The summed E-state index contributed by atoms with van der Waals surface area (Å²) in [5.41, 5.74) is 1.26. The Morgan fingerprint density at radius 2 is 1.91 bits per heavy atom. The highest BCUT2D eigenvalue weighted by Gasteiger charge is 2.24. The Labute approximate surface area is 206 Å². The molecule has 1 saturated heterocycles. The number of nitrogens with zero attached hydrogens (tertiary/aromatic N) is 4. The number of methoxy groups -OCH3 is 1. The van der Waals surface area contributed by atoms with E-state index in [-0.39, 0.29) is 18.2 Å². The van der Waals surface area contributed by atoms with Gasteiger partial charge in [-0.15, -0.1) is 0 Å². The summed E-state index contributed by atoms with van der Waals surface area (Å²) < 4.78 is 22.4. The lowest BCUT2D eigenvalue weighted by molar-refractivity contribution is 0.0491. The first-order valence-corrected chi connectivity index (χ1v) is 12.2. The molecule has 1 saturated carbocycles. The van der Waals surface area contributed by atoms with Gasteiger partial charge in [0.25, 0.3) is 0 Å². The second kappa shape index (κ2) is 11.1. The number of hydrogen-bond acceptors (Lipinski definition) is 9. The van der Waals surface area contributed by atoms with E-state index in [4.69, 9.17) is 18.9 Å². The molecular weight excluding hydrogens is 450 g/mol. The van der Waals surface area contributed by atoms with E-state index in [1.165, 1.54) is 12.7 Å². The zero-order valence-electron chi connectivity index (χ0n) is 21.0. The number of fused-ring (bicyclic) bond motifs is 1. The fourth-order valence-electron chi connectivity index (χ4n) is 4.38. The van der Waals surface area contributed by atoms with E-state index in [0.29, 0.717) is 30.2 Å². The molecule has 0 bridgehead atoms. The quantitative estimate of drug-likeness (QED) is 0.487. The average Bonchev–Trinajstić information content (AvgIpc) is 2.84. The van der Waals surface area contributed by atoms with Crippen molar-refractivity contribution in [2.45, 2.75) is 64.1 Å². The Hall–Kier alpha value is -3.14. The summed E-state index contributed by atoms with van der Waals surface area (Å²) >= 11 is 0. The summed E-state index contributed by atoms with van der Waals surface area (Å²) in [5, 5.41) is 3.67. The second-order valence-corrected chi connectivity index (χ2v) is 9.84. The number of hydrogen-bond donors (Lipinski definition) is 1. The summed E-state index contributed by atoms with van der Waals surface area (Å²) in [6.07, 6.45) is 6.05. The van der Waals surface area contributed by atoms with Crippen LogP contribution in [0.5, 0.6) is 11.6 Å². The van der Waals surface area contributed by atoms with Crippen LogP contribution in [0.3, 0.4) is 0 Å². The Balaban J connectivity index is 1.41. The lowest BCUT2D eigenvalue weighted by Crippen LogP contribution is -2.41. The molecule has 10 heteroatoms. The smallest absolute Gasteiger partial charge is 0.407 e. The van der Waals surface area contributed by atoms with Gasteiger partial charge in [0.2, 0.25) is 5.88 Å². The number of alkyl carbamates (subject to hydrolysis) is 1. The standard InChI is InChI=1S/C25H35N5O5/c1-25(2,3)35-24(31)29-18-7-5-17(6-8-18)28-16-34-21-14-19(30-9-11-33-12-10-30)13-20-22(21)23(32-4)27-15-26-20/h13-18H,5-12H2,1-4H3,(H,29,31). The van der Waals surface area contributed by atoms with Crippen molar-refractivity contribution in [3.05, 3.63) is 18.5 Å². The van der Waals surface area contributed by atoms with Crippen molar-refractivity contribution in [1.29, 1.82) is 0 Å². The molecule has 1 aromatic carbocycles. The minimum atomic E-state index is -0.500. The number of aliphatic imine (C=N–C) groups is 1. The predicted octanol–water partition coefficient (Wildman–Crippen LogP) is 3.72. The number of carbonyl (C=O) groups is 1. The highest BCUT2D eigenvalue weighted by molar-refractivity contribution is 5.93. The molecule has 2 fully saturated rings. The Kier molecular flexibility index (Phi) is 7.90. The van der Waals surface area contributed by atoms with Crippen LogP contribution in [0.4, 0.5) is 10.5 Å². The van der Waals surface area contributed by atoms with Gasteiger partial charge in [0.1, 0.15) is 23.1 Å². The SMILES string of the molecule is COc1ncnc2cc(N3CCOCC3)cc(OC=NC3CCC(NC(=O)OC(C)(C)C)CC3)c12. The molecule has 2 aromatic rings. The summed E-state index contributed by atoms with van der Waals surface area (Å²) in [7, 11) is 1.58. The zero-order valence-corrected chi connectivity index (χ0v) is 21.0. The Bertz CT molecular complexity index is 1040. The van der Waals surface area contributed by atoms with Crippen molar-refractivity contribution < 1.29 is 23.7 Å². The molecule has 35 heavy (non-hydrogen) atoms. The van der Waals surface area contributed by atoms with Crippen LogP contribution in [0.1, 0.15) is 46.5 Å². The maximum atomic E-state index is 12.0. The third kappa shape index (κ3) is 6.72. The van der Waals surface area contributed by atoms with Gasteiger partial charge in [-0.25, -0.2) is 14.8 Å². The number of benzene rings is 1. The number of ether oxygens (including phenoxy) is 4. The van der Waals surface area contributed by atoms with Crippen molar-refractivity contribution >= 4 is 29.1 Å². The highest BCUT2D eigenvalue weighted by Crippen LogP contribution is 2.35. The van der Waals surface area contributed by atoms with Crippen molar-refractivity contribution in [1.82, 2.24) is 15.3 Å². The lowest BCUT2D eigenvalue weighted by Gasteiger charge is -2.29. The normalized spacial score (nSPS) is 21.2. The minimum absolute atomic E-state index is 0.104. The third-order valence-electron chi connectivity index (χ3n) is 6.09. The summed E-state index contributed by atoms with van der Waals surface area (Å²) in [4.78, 5) is 27.6. The van der Waals surface area contributed by atoms with E-state index < -0.39 is 5.60 Å². The van der Waals surface area contributed by atoms with E-state index in [1.807, 2.05) is 32.9 Å². The van der Waals surface area contributed by atoms with Gasteiger partial charge in [-0.2, -0.15) is 0 Å². The number of morpholine rings is 1. The van der Waals surface area contributed by atoms with Gasteiger partial charge < -0.3 is 29.2 Å². The average molecular weight is 486 g/mol. The molecule has 1 aromatic heterocycles. The molecule has 1 amide bonds. The third-order valence-corrected chi connectivity index (χ3v) is 6.09. The number of nitrogens with one attached hydrogen (secondary N) is 1. The Morgan fingerprint density at radius 3 is 2.60 bits per heavy atom. The topological polar surface area (TPSA) is 107 Å². The maximum Gasteiger partial charge on any atom is 0.407 e. The molecule has 1 N–H and O–H groups in total. The first-order valence-electron chi connectivity index (χ1n) is 12.2. The van der Waals surface area contributed by atoms with Gasteiger partial charge in [0.05, 0.1) is 31.9 Å². The van der Waals surface area contributed by atoms with Gasteiger partial charge >= 0.3 is 6.09 Å². The maximum absolute atomic E-state index is 12.0. The molecule has 4 rings (SSSR count). The molecular formula is C25H35N5O5. The summed E-state index contributed by atoms with van der Waals surface area (Å²) in [6.45, 7) is 8.57. The molecule has 2 aliphatic rings. The molecule has 1 aliphatic heterocycles. The van der Waals surface area contributed by atoms with E-state index >= 15 is 0 Å². The first-order chi connectivity index (χ1) is 16.8. The number of aromatic nitrogens is 2. The number of rotatable bonds is 6. The van der Waals surface area contributed by atoms with Crippen LogP contribution in [-0.2, 0) is 9.47 Å². The van der Waals surface area contributed by atoms with Crippen molar-refractivity contribution in [3.8, 4) is 11.6 Å². The molecule has 10 nitrogen and oxygen atoms in total. The monoisotopic (exact) mass is 485 g/mol. The van der Waals surface area contributed by atoms with Crippen LogP contribution in [0.2, 0.25) is 0 Å². The van der Waals surface area contributed by atoms with Crippen LogP contribution in [0.15, 0.2) is 23.5 Å². The molecule has 0 spiro atoms. The highest BCUT2D eigenvalue weighted by atomic mass is 16.6. The van der Waals surface area contributed by atoms with E-state index in [0.717, 1.165) is 50.0 Å². The lowest BCUT2D eigenvalue weighted by atomic mass is 9.92. The van der Waals surface area contributed by atoms with Crippen LogP contribution in [0.25, 0.3) is 10.9 Å². The summed E-state index contributed by atoms with van der Waals surface area (Å²) in [5.74, 6) is 1.06. The molecule has 0 radical (unpaired) electrons. The van der Waals surface area contributed by atoms with Gasteiger partial charge in [-0.1, -0.05) is 0 Å². The van der Waals surface area contributed by atoms with E-state index in [2.05, 4.69) is 25.2 Å². The minimum Gasteiger partial charge on any atom is -0.480 e. The van der Waals surface area contributed by atoms with Crippen LogP contribution in [0, 0.1) is 0 Å². The van der Waals surface area contributed by atoms with E-state index in [1.54, 1.807) is 7.11 Å².